The van der Waals surface area contributed by atoms with Crippen molar-refractivity contribution in [3.63, 3.8) is 0 Å². The van der Waals surface area contributed by atoms with Crippen LogP contribution in [0, 0.1) is 6.92 Å². The first-order chi connectivity index (χ1) is 8.63. The third-order valence-corrected chi connectivity index (χ3v) is 2.80. The summed E-state index contributed by atoms with van der Waals surface area (Å²) in [7, 11) is 2.85. The van der Waals surface area contributed by atoms with Crippen LogP contribution in [0.15, 0.2) is 6.20 Å². The van der Waals surface area contributed by atoms with Crippen LogP contribution in [0.4, 0.5) is 0 Å². The van der Waals surface area contributed by atoms with Gasteiger partial charge in [0.1, 0.15) is 11.3 Å². The normalized spacial score (nSPS) is 10.7. The highest BCUT2D eigenvalue weighted by molar-refractivity contribution is 5.99. The van der Waals surface area contributed by atoms with Crippen LogP contribution in [0.5, 0.6) is 5.75 Å². The number of rotatable bonds is 3. The molecular formula is C12H15N3O3. The molecule has 0 unspecified atom stereocenters. The summed E-state index contributed by atoms with van der Waals surface area (Å²) in [6.45, 7) is 4.55. The van der Waals surface area contributed by atoms with Crippen molar-refractivity contribution in [2.45, 2.75) is 20.4 Å². The summed E-state index contributed by atoms with van der Waals surface area (Å²) in [5.74, 6) is -0.00560. The van der Waals surface area contributed by atoms with Crippen molar-refractivity contribution in [1.82, 2.24) is 14.8 Å². The Kier molecular flexibility index (Phi) is 3.18. The molecule has 2 rings (SSSR count). The molecular weight excluding hydrogens is 234 g/mol. The number of aromatic nitrogens is 3. The lowest BCUT2D eigenvalue weighted by Crippen LogP contribution is -2.06. The molecule has 0 radical (unpaired) electrons. The molecule has 0 aliphatic rings. The maximum Gasteiger partial charge on any atom is 0.343 e. The van der Waals surface area contributed by atoms with Gasteiger partial charge >= 0.3 is 5.97 Å². The summed E-state index contributed by atoms with van der Waals surface area (Å²) in [6, 6.07) is 0. The van der Waals surface area contributed by atoms with E-state index in [1.165, 1.54) is 20.4 Å². The van der Waals surface area contributed by atoms with E-state index in [1.54, 1.807) is 4.68 Å². The van der Waals surface area contributed by atoms with Gasteiger partial charge < -0.3 is 9.47 Å². The Morgan fingerprint density at radius 1 is 1.44 bits per heavy atom. The molecule has 6 nitrogen and oxygen atoms in total. The zero-order chi connectivity index (χ0) is 13.3. The zero-order valence-electron chi connectivity index (χ0n) is 10.9. The second-order valence-corrected chi connectivity index (χ2v) is 3.80. The van der Waals surface area contributed by atoms with Crippen LogP contribution >= 0.6 is 0 Å². The highest BCUT2D eigenvalue weighted by atomic mass is 16.5. The van der Waals surface area contributed by atoms with E-state index in [-0.39, 0.29) is 0 Å². The number of ether oxygens (including phenoxy) is 2. The molecule has 0 N–H and O–H groups in total. The van der Waals surface area contributed by atoms with Crippen LogP contribution in [0.2, 0.25) is 0 Å². The Hall–Kier alpha value is -2.11. The molecule has 96 valence electrons. The first-order valence-electron chi connectivity index (χ1n) is 5.62. The molecule has 0 aromatic carbocycles. The smallest absolute Gasteiger partial charge is 0.343 e. The number of aryl methyl sites for hydroxylation is 2. The average molecular weight is 249 g/mol. The van der Waals surface area contributed by atoms with E-state index in [9.17, 15) is 4.79 Å². The number of pyridine rings is 1. The van der Waals surface area contributed by atoms with Crippen LogP contribution in [0.1, 0.15) is 23.0 Å². The molecule has 0 bridgehead atoms. The molecule has 0 aliphatic heterocycles. The van der Waals surface area contributed by atoms with Crippen LogP contribution in [0.25, 0.3) is 11.0 Å². The lowest BCUT2D eigenvalue weighted by Gasteiger charge is -2.08. The second kappa shape index (κ2) is 4.64. The van der Waals surface area contributed by atoms with Crippen molar-refractivity contribution in [3.8, 4) is 5.75 Å². The fourth-order valence-electron chi connectivity index (χ4n) is 1.97. The lowest BCUT2D eigenvalue weighted by molar-refractivity contribution is 0.0597. The summed E-state index contributed by atoms with van der Waals surface area (Å²) in [5.41, 5.74) is 1.80. The van der Waals surface area contributed by atoms with Crippen molar-refractivity contribution in [1.29, 1.82) is 0 Å². The molecule has 0 saturated heterocycles. The maximum atomic E-state index is 11.7. The standard InChI is InChI=1S/C12H15N3O3/c1-5-15-11-9(7(2)14-15)10(17-3)8(6-13-11)12(16)18-4/h6H,5H2,1-4H3. The van der Waals surface area contributed by atoms with E-state index in [1.807, 2.05) is 13.8 Å². The van der Waals surface area contributed by atoms with E-state index in [0.29, 0.717) is 23.5 Å². The van der Waals surface area contributed by atoms with E-state index in [4.69, 9.17) is 9.47 Å². The van der Waals surface area contributed by atoms with Gasteiger partial charge in [-0.15, -0.1) is 0 Å². The number of esters is 1. The monoisotopic (exact) mass is 249 g/mol. The number of hydrogen-bond donors (Lipinski definition) is 0. The average Bonchev–Trinajstić information content (AvgIpc) is 2.73. The van der Waals surface area contributed by atoms with Gasteiger partial charge in [0, 0.05) is 12.7 Å². The fraction of sp³-hybridized carbons (Fsp3) is 0.417. The molecule has 0 atom stereocenters. The lowest BCUT2D eigenvalue weighted by atomic mass is 10.2. The quantitative estimate of drug-likeness (QED) is 0.772. The molecule has 0 aliphatic carbocycles. The second-order valence-electron chi connectivity index (χ2n) is 3.80. The van der Waals surface area contributed by atoms with Crippen LogP contribution < -0.4 is 4.74 Å². The number of hydrogen-bond acceptors (Lipinski definition) is 5. The molecule has 6 heteroatoms. The van der Waals surface area contributed by atoms with Crippen molar-refractivity contribution in [2.24, 2.45) is 0 Å². The van der Waals surface area contributed by atoms with Gasteiger partial charge in [-0.2, -0.15) is 5.10 Å². The van der Waals surface area contributed by atoms with Crippen molar-refractivity contribution in [2.75, 3.05) is 14.2 Å². The minimum atomic E-state index is -0.468. The number of carbonyl (C=O) groups excluding carboxylic acids is 1. The van der Waals surface area contributed by atoms with Gasteiger partial charge in [-0.25, -0.2) is 14.5 Å². The summed E-state index contributed by atoms with van der Waals surface area (Å²) < 4.78 is 11.8. The Morgan fingerprint density at radius 2 is 2.17 bits per heavy atom. The van der Waals surface area contributed by atoms with Gasteiger partial charge in [-0.1, -0.05) is 0 Å². The SMILES string of the molecule is CCn1nc(C)c2c(OC)c(C(=O)OC)cnc21. The summed E-state index contributed by atoms with van der Waals surface area (Å²) in [6.07, 6.45) is 1.46. The zero-order valence-corrected chi connectivity index (χ0v) is 10.9. The van der Waals surface area contributed by atoms with Crippen molar-refractivity contribution >= 4 is 17.0 Å². The van der Waals surface area contributed by atoms with Crippen LogP contribution in [-0.4, -0.2) is 35.0 Å². The molecule has 2 heterocycles. The molecule has 0 amide bonds. The summed E-state index contributed by atoms with van der Waals surface area (Å²) in [5, 5.41) is 5.12. The number of fused-ring (bicyclic) bond motifs is 1. The number of carbonyl (C=O) groups is 1. The summed E-state index contributed by atoms with van der Waals surface area (Å²) in [4.78, 5) is 15.9. The van der Waals surface area contributed by atoms with Crippen molar-refractivity contribution < 1.29 is 14.3 Å². The Morgan fingerprint density at radius 3 is 2.72 bits per heavy atom. The third kappa shape index (κ3) is 1.70. The first-order valence-corrected chi connectivity index (χ1v) is 5.62. The molecule has 0 saturated carbocycles. The topological polar surface area (TPSA) is 66.2 Å². The Balaban J connectivity index is 2.79. The minimum Gasteiger partial charge on any atom is -0.495 e. The summed E-state index contributed by atoms with van der Waals surface area (Å²) >= 11 is 0. The molecule has 2 aromatic rings. The number of nitrogens with zero attached hydrogens (tertiary/aromatic N) is 3. The predicted molar refractivity (Wildman–Crippen MR) is 65.8 cm³/mol. The molecule has 0 spiro atoms. The van der Waals surface area contributed by atoms with Gasteiger partial charge in [-0.3, -0.25) is 0 Å². The largest absolute Gasteiger partial charge is 0.495 e. The fourth-order valence-corrected chi connectivity index (χ4v) is 1.97. The molecule has 0 fully saturated rings. The predicted octanol–water partition coefficient (Wildman–Crippen LogP) is 1.55. The minimum absolute atomic E-state index is 0.311. The Labute approximate surface area is 105 Å². The van der Waals surface area contributed by atoms with Crippen LogP contribution in [0.3, 0.4) is 0 Å². The highest BCUT2D eigenvalue weighted by Gasteiger charge is 2.21. The number of methoxy groups -OCH3 is 2. The van der Waals surface area contributed by atoms with Gasteiger partial charge in [0.15, 0.2) is 5.65 Å². The molecule has 2 aromatic heterocycles. The van der Waals surface area contributed by atoms with Gasteiger partial charge in [0.05, 0.1) is 25.3 Å². The van der Waals surface area contributed by atoms with Gasteiger partial charge in [0.25, 0.3) is 0 Å². The Bertz CT molecular complexity index is 604. The van der Waals surface area contributed by atoms with Gasteiger partial charge in [-0.05, 0) is 13.8 Å². The van der Waals surface area contributed by atoms with E-state index < -0.39 is 5.97 Å². The highest BCUT2D eigenvalue weighted by Crippen LogP contribution is 2.31. The van der Waals surface area contributed by atoms with Gasteiger partial charge in [0.2, 0.25) is 0 Å². The maximum absolute atomic E-state index is 11.7. The van der Waals surface area contributed by atoms with E-state index in [2.05, 4.69) is 10.1 Å². The van der Waals surface area contributed by atoms with E-state index >= 15 is 0 Å². The van der Waals surface area contributed by atoms with E-state index in [0.717, 1.165) is 11.1 Å². The first kappa shape index (κ1) is 12.3. The van der Waals surface area contributed by atoms with Crippen molar-refractivity contribution in [3.05, 3.63) is 17.5 Å². The van der Waals surface area contributed by atoms with Crippen LogP contribution in [-0.2, 0) is 11.3 Å². The molecule has 18 heavy (non-hydrogen) atoms. The third-order valence-electron chi connectivity index (χ3n) is 2.80.